The van der Waals surface area contributed by atoms with Crippen LogP contribution in [0.5, 0.6) is 0 Å². The summed E-state index contributed by atoms with van der Waals surface area (Å²) in [5.74, 6) is 0. The number of nitrogens with zero attached hydrogens (tertiary/aromatic N) is 1. The lowest BCUT2D eigenvalue weighted by atomic mass is 9.88. The molecule has 0 radical (unpaired) electrons. The lowest BCUT2D eigenvalue weighted by molar-refractivity contribution is -0.0979. The van der Waals surface area contributed by atoms with Crippen molar-refractivity contribution in [1.29, 1.82) is 0 Å². The minimum atomic E-state index is -0.141. The van der Waals surface area contributed by atoms with E-state index in [9.17, 15) is 4.79 Å². The van der Waals surface area contributed by atoms with Crippen molar-refractivity contribution in [2.24, 2.45) is 5.41 Å². The van der Waals surface area contributed by atoms with Gasteiger partial charge in [0.05, 0.1) is 11.1 Å². The maximum absolute atomic E-state index is 11.8. The van der Waals surface area contributed by atoms with Gasteiger partial charge in [-0.2, -0.15) is 5.10 Å². The molecule has 26 heavy (non-hydrogen) atoms. The van der Waals surface area contributed by atoms with Gasteiger partial charge in [0.1, 0.15) is 6.79 Å². The molecule has 2 N–H and O–H groups in total. The van der Waals surface area contributed by atoms with Gasteiger partial charge in [0.15, 0.2) is 0 Å². The number of allylic oxidation sites excluding steroid dienone is 1. The number of carbonyl (C=O) groups excluding carboxylic acids is 1. The van der Waals surface area contributed by atoms with Crippen LogP contribution in [0.15, 0.2) is 41.3 Å². The predicted octanol–water partition coefficient (Wildman–Crippen LogP) is 4.23. The largest absolute Gasteiger partial charge is 0.386 e. The molecule has 0 fully saturated rings. The van der Waals surface area contributed by atoms with Crippen LogP contribution in [-0.2, 0) is 11.2 Å². The number of hydrogen-bond donors (Lipinski definition) is 2. The normalized spacial score (nSPS) is 11.5. The Labute approximate surface area is 156 Å². The molecule has 144 valence electrons. The third-order valence-electron chi connectivity index (χ3n) is 4.16. The lowest BCUT2D eigenvalue weighted by Gasteiger charge is -2.29. The summed E-state index contributed by atoms with van der Waals surface area (Å²) in [6.45, 7) is 18.9. The summed E-state index contributed by atoms with van der Waals surface area (Å²) in [6.07, 6.45) is 1.55. The minimum Gasteiger partial charge on any atom is -0.386 e. The number of benzene rings is 1. The third-order valence-corrected chi connectivity index (χ3v) is 4.16. The summed E-state index contributed by atoms with van der Waals surface area (Å²) in [4.78, 5) is 19.8. The molecule has 5 nitrogen and oxygen atoms in total. The van der Waals surface area contributed by atoms with Gasteiger partial charge in [-0.05, 0) is 31.2 Å². The van der Waals surface area contributed by atoms with Crippen molar-refractivity contribution in [1.82, 2.24) is 15.5 Å². The Balaban J connectivity index is 0.00000146. The number of aromatic amines is 1. The summed E-state index contributed by atoms with van der Waals surface area (Å²) >= 11 is 0. The molecule has 0 saturated heterocycles. The summed E-state index contributed by atoms with van der Waals surface area (Å²) in [6, 6.07) is 7.92. The number of fused-ring (bicyclic) bond motifs is 1. The third kappa shape index (κ3) is 6.82. The molecule has 2 rings (SSSR count). The lowest BCUT2D eigenvalue weighted by Crippen LogP contribution is -2.36. The van der Waals surface area contributed by atoms with Crippen LogP contribution >= 0.6 is 0 Å². The van der Waals surface area contributed by atoms with Crippen LogP contribution in [0.3, 0.4) is 0 Å². The number of nitrogens with one attached hydrogen (secondary N) is 2. The van der Waals surface area contributed by atoms with E-state index in [4.69, 9.17) is 4.79 Å². The molecule has 5 heteroatoms. The highest BCUT2D eigenvalue weighted by Gasteiger charge is 2.19. The van der Waals surface area contributed by atoms with Gasteiger partial charge in [-0.15, -0.1) is 0 Å². The molecule has 0 saturated carbocycles. The van der Waals surface area contributed by atoms with E-state index in [0.29, 0.717) is 11.4 Å². The zero-order valence-corrected chi connectivity index (χ0v) is 17.0. The number of H-pyrrole nitrogens is 1. The van der Waals surface area contributed by atoms with E-state index in [-0.39, 0.29) is 11.0 Å². The second-order valence-corrected chi connectivity index (χ2v) is 6.88. The quantitative estimate of drug-likeness (QED) is 0.837. The van der Waals surface area contributed by atoms with Crippen molar-refractivity contribution in [2.75, 3.05) is 0 Å². The van der Waals surface area contributed by atoms with Crippen LogP contribution in [0.2, 0.25) is 0 Å². The minimum absolute atomic E-state index is 0.141. The molecule has 0 bridgehead atoms. The molecule has 0 aliphatic carbocycles. The highest BCUT2D eigenvalue weighted by Crippen LogP contribution is 2.20. The molecule has 1 aromatic heterocycles. The van der Waals surface area contributed by atoms with Crippen molar-refractivity contribution in [2.45, 2.75) is 60.4 Å². The average molecular weight is 360 g/mol. The number of hydrogen-bond acceptors (Lipinski definition) is 4. The Morgan fingerprint density at radius 1 is 1.19 bits per heavy atom. The molecule has 1 unspecified atom stereocenters. The maximum atomic E-state index is 11.8. The van der Waals surface area contributed by atoms with Crippen LogP contribution < -0.4 is 10.9 Å². The summed E-state index contributed by atoms with van der Waals surface area (Å²) in [5, 5.41) is 11.8. The maximum Gasteiger partial charge on any atom is 0.272 e. The van der Waals surface area contributed by atoms with Crippen LogP contribution in [0.25, 0.3) is 10.8 Å². The van der Waals surface area contributed by atoms with Crippen molar-refractivity contribution in [3.05, 3.63) is 52.6 Å². The van der Waals surface area contributed by atoms with Crippen LogP contribution in [-0.4, -0.2) is 23.0 Å². The van der Waals surface area contributed by atoms with E-state index in [1.165, 1.54) is 0 Å². The first-order valence-corrected chi connectivity index (χ1v) is 8.98. The van der Waals surface area contributed by atoms with E-state index >= 15 is 0 Å². The Bertz CT molecular complexity index is 745. The summed E-state index contributed by atoms with van der Waals surface area (Å²) in [7, 11) is 0. The van der Waals surface area contributed by atoms with Crippen molar-refractivity contribution in [3.8, 4) is 0 Å². The highest BCUT2D eigenvalue weighted by atomic mass is 16.1. The number of aryl methyl sites for hydroxylation is 1. The highest BCUT2D eigenvalue weighted by molar-refractivity contribution is 5.83. The van der Waals surface area contributed by atoms with Crippen molar-refractivity contribution >= 4 is 17.6 Å². The Hall–Kier alpha value is -2.43. The molecular formula is C21H33N3O2. The van der Waals surface area contributed by atoms with E-state index < -0.39 is 0 Å². The zero-order valence-electron chi connectivity index (χ0n) is 17.0. The van der Waals surface area contributed by atoms with Gasteiger partial charge in [0, 0.05) is 17.1 Å². The summed E-state index contributed by atoms with van der Waals surface area (Å²) < 4.78 is 0. The van der Waals surface area contributed by atoms with Crippen molar-refractivity contribution in [3.63, 3.8) is 0 Å². The fraction of sp³-hybridized carbons (Fsp3) is 0.476. The SMILES string of the molecule is C=C(CCc1n[nH]c(=O)c2ccccc12)NC(C)C(C)(C)C.C=O.CC. The number of aromatic nitrogens is 2. The second kappa shape index (κ2) is 11.2. The molecule has 0 spiro atoms. The average Bonchev–Trinajstić information content (AvgIpc) is 2.64. The molecular weight excluding hydrogens is 326 g/mol. The molecule has 1 heterocycles. The van der Waals surface area contributed by atoms with E-state index in [1.54, 1.807) is 0 Å². The molecule has 1 aromatic carbocycles. The van der Waals surface area contributed by atoms with Gasteiger partial charge in [-0.3, -0.25) is 4.79 Å². The first kappa shape index (κ1) is 23.6. The van der Waals surface area contributed by atoms with Gasteiger partial charge in [0.2, 0.25) is 0 Å². The van der Waals surface area contributed by atoms with Gasteiger partial charge in [-0.25, -0.2) is 5.10 Å². The smallest absolute Gasteiger partial charge is 0.272 e. The van der Waals surface area contributed by atoms with E-state index in [0.717, 1.165) is 29.6 Å². The molecule has 1 atom stereocenters. The standard InChI is InChI=1S/C18H25N3O.C2H6.CH2O/c1-12(19-13(2)18(3,4)5)10-11-16-14-8-6-7-9-15(14)17(22)21-20-16;2*1-2/h6-9,13,19H,1,10-11H2,2-5H3,(H,21,22);1-2H3;1H2. The number of carbonyl (C=O) groups is 1. The Morgan fingerprint density at radius 2 is 1.73 bits per heavy atom. The van der Waals surface area contributed by atoms with Gasteiger partial charge in [-0.1, -0.05) is 59.4 Å². The first-order valence-electron chi connectivity index (χ1n) is 8.98. The van der Waals surface area contributed by atoms with Crippen molar-refractivity contribution < 1.29 is 4.79 Å². The molecule has 0 aliphatic heterocycles. The summed E-state index contributed by atoms with van der Waals surface area (Å²) in [5.41, 5.74) is 1.95. The number of rotatable bonds is 5. The topological polar surface area (TPSA) is 74.8 Å². The fourth-order valence-corrected chi connectivity index (χ4v) is 2.23. The van der Waals surface area contributed by atoms with E-state index in [1.807, 2.05) is 44.9 Å². The van der Waals surface area contributed by atoms with Gasteiger partial charge < -0.3 is 10.1 Å². The van der Waals surface area contributed by atoms with Gasteiger partial charge in [0.25, 0.3) is 5.56 Å². The van der Waals surface area contributed by atoms with Crippen LogP contribution in [0.1, 0.15) is 53.7 Å². The Kier molecular flexibility index (Phi) is 10.2. The van der Waals surface area contributed by atoms with Crippen LogP contribution in [0, 0.1) is 5.41 Å². The second-order valence-electron chi connectivity index (χ2n) is 6.88. The zero-order chi connectivity index (χ0) is 20.3. The Morgan fingerprint density at radius 3 is 2.27 bits per heavy atom. The first-order chi connectivity index (χ1) is 12.3. The molecule has 2 aromatic rings. The molecule has 0 aliphatic rings. The fourth-order valence-electron chi connectivity index (χ4n) is 2.23. The van der Waals surface area contributed by atoms with Gasteiger partial charge >= 0.3 is 0 Å². The monoisotopic (exact) mass is 359 g/mol. The van der Waals surface area contributed by atoms with Crippen LogP contribution in [0.4, 0.5) is 0 Å². The molecule has 0 amide bonds. The van der Waals surface area contributed by atoms with E-state index in [2.05, 4.69) is 49.8 Å². The predicted molar refractivity (Wildman–Crippen MR) is 110 cm³/mol.